The molecule has 0 heterocycles. The summed E-state index contributed by atoms with van der Waals surface area (Å²) in [6, 6.07) is 5.25. The molecule has 0 bridgehead atoms. The summed E-state index contributed by atoms with van der Waals surface area (Å²) in [7, 11) is -3.85. The number of carboxylic acids is 1. The molecule has 1 aromatic carbocycles. The van der Waals surface area contributed by atoms with Crippen molar-refractivity contribution in [2.24, 2.45) is 0 Å². The van der Waals surface area contributed by atoms with Crippen LogP contribution in [0, 0.1) is 0 Å². The largest absolute Gasteiger partial charge is 0.480 e. The molecule has 1 amide bonds. The lowest BCUT2D eigenvalue weighted by Crippen LogP contribution is -2.15. The minimum absolute atomic E-state index is 0.108. The van der Waals surface area contributed by atoms with Crippen LogP contribution in [-0.2, 0) is 19.4 Å². The third-order valence-corrected chi connectivity index (χ3v) is 3.79. The van der Waals surface area contributed by atoms with Gasteiger partial charge in [0.25, 0.3) is 5.91 Å². The zero-order chi connectivity index (χ0) is 14.6. The van der Waals surface area contributed by atoms with Crippen molar-refractivity contribution in [2.45, 2.75) is 11.8 Å². The SMILES string of the molecule is C=C(C)C(=O)Nc1ccc(S(=O)(=O)CC(=O)O)cc1. The number of aliphatic carboxylic acids is 1. The van der Waals surface area contributed by atoms with Gasteiger partial charge in [-0.2, -0.15) is 0 Å². The molecule has 6 nitrogen and oxygen atoms in total. The van der Waals surface area contributed by atoms with Crippen LogP contribution in [0.15, 0.2) is 41.3 Å². The summed E-state index contributed by atoms with van der Waals surface area (Å²) in [5.74, 6) is -2.76. The van der Waals surface area contributed by atoms with Crippen molar-refractivity contribution in [3.63, 3.8) is 0 Å². The highest BCUT2D eigenvalue weighted by Crippen LogP contribution is 2.15. The first-order valence-corrected chi connectivity index (χ1v) is 6.89. The van der Waals surface area contributed by atoms with E-state index >= 15 is 0 Å². The number of carbonyl (C=O) groups is 2. The number of sulfone groups is 1. The van der Waals surface area contributed by atoms with Crippen LogP contribution in [0.4, 0.5) is 5.69 Å². The van der Waals surface area contributed by atoms with E-state index in [1.54, 1.807) is 6.92 Å². The summed E-state index contributed by atoms with van der Waals surface area (Å²) in [4.78, 5) is 21.7. The van der Waals surface area contributed by atoms with Crippen molar-refractivity contribution in [3.8, 4) is 0 Å². The minimum atomic E-state index is -3.85. The van der Waals surface area contributed by atoms with Crippen LogP contribution in [0.3, 0.4) is 0 Å². The van der Waals surface area contributed by atoms with Crippen LogP contribution in [0.1, 0.15) is 6.92 Å². The Labute approximate surface area is 110 Å². The van der Waals surface area contributed by atoms with Crippen LogP contribution < -0.4 is 5.32 Å². The van der Waals surface area contributed by atoms with Crippen molar-refractivity contribution >= 4 is 27.4 Å². The van der Waals surface area contributed by atoms with Crippen LogP contribution in [0.2, 0.25) is 0 Å². The van der Waals surface area contributed by atoms with E-state index in [4.69, 9.17) is 5.11 Å². The lowest BCUT2D eigenvalue weighted by Gasteiger charge is -2.06. The first-order chi connectivity index (χ1) is 8.72. The molecule has 0 aliphatic rings. The van der Waals surface area contributed by atoms with E-state index in [1.807, 2.05) is 0 Å². The van der Waals surface area contributed by atoms with E-state index in [0.717, 1.165) is 0 Å². The number of carboxylic acid groups (broad SMARTS) is 1. The monoisotopic (exact) mass is 283 g/mol. The molecule has 0 saturated carbocycles. The molecule has 0 aromatic heterocycles. The van der Waals surface area contributed by atoms with Gasteiger partial charge in [-0.15, -0.1) is 0 Å². The molecule has 1 rings (SSSR count). The summed E-state index contributed by atoms with van der Waals surface area (Å²) < 4.78 is 23.2. The second-order valence-corrected chi connectivity index (χ2v) is 5.90. The number of nitrogens with one attached hydrogen (secondary N) is 1. The molecule has 0 atom stereocenters. The lowest BCUT2D eigenvalue weighted by molar-refractivity contribution is -0.134. The molecule has 102 valence electrons. The predicted molar refractivity (Wildman–Crippen MR) is 69.6 cm³/mol. The molecule has 0 radical (unpaired) electrons. The third kappa shape index (κ3) is 4.22. The van der Waals surface area contributed by atoms with Gasteiger partial charge in [0.05, 0.1) is 4.90 Å². The van der Waals surface area contributed by atoms with Crippen molar-refractivity contribution in [1.82, 2.24) is 0 Å². The Morgan fingerprint density at radius 2 is 1.79 bits per heavy atom. The maximum absolute atomic E-state index is 11.6. The molecule has 0 unspecified atom stereocenters. The first-order valence-electron chi connectivity index (χ1n) is 5.24. The second-order valence-electron chi connectivity index (χ2n) is 3.91. The fourth-order valence-electron chi connectivity index (χ4n) is 1.23. The first kappa shape index (κ1) is 14.9. The van der Waals surface area contributed by atoms with Gasteiger partial charge in [0.1, 0.15) is 0 Å². The Morgan fingerprint density at radius 1 is 1.26 bits per heavy atom. The van der Waals surface area contributed by atoms with Gasteiger partial charge < -0.3 is 10.4 Å². The highest BCUT2D eigenvalue weighted by molar-refractivity contribution is 7.92. The normalized spacial score (nSPS) is 10.8. The predicted octanol–water partition coefficient (Wildman–Crippen LogP) is 1.06. The minimum Gasteiger partial charge on any atom is -0.480 e. The van der Waals surface area contributed by atoms with E-state index in [2.05, 4.69) is 11.9 Å². The molecular formula is C12H13NO5S. The topological polar surface area (TPSA) is 101 Å². The van der Waals surface area contributed by atoms with Gasteiger partial charge in [-0.05, 0) is 31.2 Å². The summed E-state index contributed by atoms with van der Waals surface area (Å²) in [6.45, 7) is 5.01. The smallest absolute Gasteiger partial charge is 0.319 e. The number of carbonyl (C=O) groups excluding carboxylic acids is 1. The number of hydrogen-bond donors (Lipinski definition) is 2. The summed E-state index contributed by atoms with van der Waals surface area (Å²) in [5.41, 5.74) is 0.727. The Bertz CT molecular complexity index is 616. The van der Waals surface area contributed by atoms with E-state index in [1.165, 1.54) is 24.3 Å². The zero-order valence-corrected chi connectivity index (χ0v) is 11.0. The molecule has 7 heteroatoms. The number of hydrogen-bond acceptors (Lipinski definition) is 4. The molecular weight excluding hydrogens is 270 g/mol. The molecule has 19 heavy (non-hydrogen) atoms. The van der Waals surface area contributed by atoms with Gasteiger partial charge in [-0.25, -0.2) is 8.42 Å². The zero-order valence-electron chi connectivity index (χ0n) is 10.2. The van der Waals surface area contributed by atoms with E-state index in [-0.39, 0.29) is 10.8 Å². The average molecular weight is 283 g/mol. The Morgan fingerprint density at radius 3 is 2.21 bits per heavy atom. The number of anilines is 1. The third-order valence-electron chi connectivity index (χ3n) is 2.17. The molecule has 0 aliphatic heterocycles. The highest BCUT2D eigenvalue weighted by Gasteiger charge is 2.18. The van der Waals surface area contributed by atoms with Gasteiger partial charge in [-0.1, -0.05) is 6.58 Å². The standard InChI is InChI=1S/C12H13NO5S/c1-8(2)12(16)13-9-3-5-10(6-4-9)19(17,18)7-11(14)15/h3-6H,1,7H2,2H3,(H,13,16)(H,14,15). The Balaban J connectivity index is 2.91. The van der Waals surface area contributed by atoms with Crippen LogP contribution in [-0.4, -0.2) is 31.2 Å². The highest BCUT2D eigenvalue weighted by atomic mass is 32.2. The lowest BCUT2D eigenvalue weighted by atomic mass is 10.3. The van der Waals surface area contributed by atoms with Crippen LogP contribution in [0.5, 0.6) is 0 Å². The van der Waals surface area contributed by atoms with Gasteiger partial charge in [-0.3, -0.25) is 9.59 Å². The maximum atomic E-state index is 11.6. The summed E-state index contributed by atoms with van der Waals surface area (Å²) in [6.07, 6.45) is 0. The van der Waals surface area contributed by atoms with E-state index in [9.17, 15) is 18.0 Å². The van der Waals surface area contributed by atoms with Crippen molar-refractivity contribution in [2.75, 3.05) is 11.1 Å². The van der Waals surface area contributed by atoms with Crippen LogP contribution >= 0.6 is 0 Å². The Hall–Kier alpha value is -2.15. The van der Waals surface area contributed by atoms with Crippen LogP contribution in [0.25, 0.3) is 0 Å². The number of benzene rings is 1. The van der Waals surface area contributed by atoms with Gasteiger partial charge in [0, 0.05) is 11.3 Å². The van der Waals surface area contributed by atoms with E-state index in [0.29, 0.717) is 11.3 Å². The van der Waals surface area contributed by atoms with Gasteiger partial charge in [0.2, 0.25) is 0 Å². The fourth-order valence-corrected chi connectivity index (χ4v) is 2.27. The number of rotatable bonds is 5. The van der Waals surface area contributed by atoms with Crippen molar-refractivity contribution in [1.29, 1.82) is 0 Å². The molecule has 0 saturated heterocycles. The summed E-state index contributed by atoms with van der Waals surface area (Å²) in [5, 5.41) is 11.0. The van der Waals surface area contributed by atoms with Crippen molar-refractivity contribution < 1.29 is 23.1 Å². The van der Waals surface area contributed by atoms with E-state index < -0.39 is 21.6 Å². The quantitative estimate of drug-likeness (QED) is 0.787. The maximum Gasteiger partial charge on any atom is 0.319 e. The summed E-state index contributed by atoms with van der Waals surface area (Å²) >= 11 is 0. The van der Waals surface area contributed by atoms with Gasteiger partial charge >= 0.3 is 5.97 Å². The Kier molecular flexibility index (Phi) is 4.44. The van der Waals surface area contributed by atoms with Crippen molar-refractivity contribution in [3.05, 3.63) is 36.4 Å². The average Bonchev–Trinajstić information content (AvgIpc) is 2.27. The second kappa shape index (κ2) is 5.66. The molecule has 0 spiro atoms. The fraction of sp³-hybridized carbons (Fsp3) is 0.167. The number of amides is 1. The van der Waals surface area contributed by atoms with Gasteiger partial charge in [0.15, 0.2) is 15.6 Å². The molecule has 2 N–H and O–H groups in total. The molecule has 0 fully saturated rings. The molecule has 1 aromatic rings. The molecule has 0 aliphatic carbocycles.